The third kappa shape index (κ3) is 5.64. The lowest BCUT2D eigenvalue weighted by Gasteiger charge is -2.48. The van der Waals surface area contributed by atoms with Crippen LogP contribution in [0.3, 0.4) is 0 Å². The van der Waals surface area contributed by atoms with Gasteiger partial charge < -0.3 is 23.1 Å². The second kappa shape index (κ2) is 8.53. The minimum atomic E-state index is -4.26. The highest BCUT2D eigenvalue weighted by Crippen LogP contribution is 2.52. The molecule has 5 unspecified atom stereocenters. The molecule has 4 N–H and O–H groups in total. The summed E-state index contributed by atoms with van der Waals surface area (Å²) in [6.45, 7) is 1.78. The van der Waals surface area contributed by atoms with E-state index in [-0.39, 0.29) is 13.0 Å². The highest BCUT2D eigenvalue weighted by atomic mass is 32.3. The zero-order valence-electron chi connectivity index (χ0n) is 14.6. The van der Waals surface area contributed by atoms with Gasteiger partial charge in [-0.1, -0.05) is 37.3 Å². The second-order valence-corrected chi connectivity index (χ2v) is 9.83. The van der Waals surface area contributed by atoms with Gasteiger partial charge in [-0.3, -0.25) is 4.55 Å². The smallest absolute Gasteiger partial charge is 0.265 e. The van der Waals surface area contributed by atoms with Crippen molar-refractivity contribution < 1.29 is 36.1 Å². The molecule has 0 aromatic heterocycles. The summed E-state index contributed by atoms with van der Waals surface area (Å²) in [5.41, 5.74) is 0.864. The monoisotopic (exact) mass is 410 g/mol. The molecule has 10 heteroatoms. The predicted octanol–water partition coefficient (Wildman–Crippen LogP) is 2.72. The van der Waals surface area contributed by atoms with Crippen molar-refractivity contribution in [2.24, 2.45) is 11.8 Å². The number of rotatable bonds is 7. The number of hydrogen-bond donors (Lipinski definition) is 4. The van der Waals surface area contributed by atoms with Crippen LogP contribution in [-0.4, -0.2) is 56.9 Å². The molecule has 0 spiro atoms. The molecule has 0 saturated heterocycles. The number of benzene rings is 1. The van der Waals surface area contributed by atoms with Crippen LogP contribution >= 0.6 is 10.9 Å². The van der Waals surface area contributed by atoms with E-state index < -0.39 is 56.0 Å². The molecule has 1 aliphatic rings. The van der Waals surface area contributed by atoms with Crippen molar-refractivity contribution in [3.05, 3.63) is 35.9 Å². The SMILES string of the molecule is COC1CC(CS(=O)(=O)O)C(C)C(S(O)(O)O)C1OCc1ccccc1. The highest BCUT2D eigenvalue weighted by Gasteiger charge is 2.51. The van der Waals surface area contributed by atoms with Crippen LogP contribution in [0.1, 0.15) is 18.9 Å². The Morgan fingerprint density at radius 1 is 1.12 bits per heavy atom. The quantitative estimate of drug-likeness (QED) is 0.504. The minimum absolute atomic E-state index is 0.174. The minimum Gasteiger partial charge on any atom is -0.379 e. The normalized spacial score (nSPS) is 30.9. The average Bonchev–Trinajstić information content (AvgIpc) is 2.53. The van der Waals surface area contributed by atoms with E-state index in [1.165, 1.54) is 7.11 Å². The van der Waals surface area contributed by atoms with Gasteiger partial charge in [-0.05, 0) is 23.8 Å². The summed E-state index contributed by atoms with van der Waals surface area (Å²) < 4.78 is 72.9. The zero-order chi connectivity index (χ0) is 19.5. The van der Waals surface area contributed by atoms with Crippen LogP contribution < -0.4 is 0 Å². The molecule has 8 nitrogen and oxygen atoms in total. The van der Waals surface area contributed by atoms with Crippen molar-refractivity contribution in [3.8, 4) is 0 Å². The van der Waals surface area contributed by atoms with Crippen LogP contribution in [0, 0.1) is 11.8 Å². The molecule has 26 heavy (non-hydrogen) atoms. The van der Waals surface area contributed by atoms with Gasteiger partial charge in [-0.25, -0.2) is 0 Å². The van der Waals surface area contributed by atoms with Gasteiger partial charge in [0.15, 0.2) is 0 Å². The summed E-state index contributed by atoms with van der Waals surface area (Å²) in [7, 11) is -6.90. The molecule has 0 radical (unpaired) electrons. The van der Waals surface area contributed by atoms with E-state index in [1.54, 1.807) is 6.92 Å². The first-order valence-electron chi connectivity index (χ1n) is 8.16. The van der Waals surface area contributed by atoms with Gasteiger partial charge in [0.05, 0.1) is 34.6 Å². The fraction of sp³-hybridized carbons (Fsp3) is 0.625. The lowest BCUT2D eigenvalue weighted by Crippen LogP contribution is -2.54. The molecule has 1 saturated carbocycles. The molecule has 0 aliphatic heterocycles. The standard InChI is InChI=1S/C16H26O8S2/c1-11-13(10-25(17,18)19)8-14(23-2)15(16(11)26(20,21)22)24-9-12-6-4-3-5-7-12/h3-7,11,13-16,20-22H,8-10H2,1-2H3,(H,17,18,19). The molecular formula is C16H26O8S2. The topological polar surface area (TPSA) is 134 Å². The highest BCUT2D eigenvalue weighted by molar-refractivity contribution is 8.20. The zero-order valence-corrected chi connectivity index (χ0v) is 16.3. The molecule has 0 heterocycles. The van der Waals surface area contributed by atoms with Crippen molar-refractivity contribution >= 4 is 21.0 Å². The molecule has 1 aromatic carbocycles. The van der Waals surface area contributed by atoms with E-state index >= 15 is 0 Å². The largest absolute Gasteiger partial charge is 0.379 e. The molecule has 1 aliphatic carbocycles. The maximum atomic E-state index is 11.3. The molecule has 5 atom stereocenters. The van der Waals surface area contributed by atoms with Gasteiger partial charge in [0.25, 0.3) is 10.1 Å². The van der Waals surface area contributed by atoms with Crippen LogP contribution in [0.2, 0.25) is 0 Å². The van der Waals surface area contributed by atoms with Crippen LogP contribution in [0.5, 0.6) is 0 Å². The van der Waals surface area contributed by atoms with Gasteiger partial charge in [-0.2, -0.15) is 8.42 Å². The molecule has 1 aromatic rings. The van der Waals surface area contributed by atoms with Gasteiger partial charge in [0.2, 0.25) is 0 Å². The van der Waals surface area contributed by atoms with Gasteiger partial charge in [-0.15, -0.1) is 0 Å². The van der Waals surface area contributed by atoms with E-state index in [1.807, 2.05) is 30.3 Å². The second-order valence-electron chi connectivity index (χ2n) is 6.66. The summed E-state index contributed by atoms with van der Waals surface area (Å²) in [5.74, 6) is -1.79. The Labute approximate surface area is 155 Å². The Kier molecular flexibility index (Phi) is 7.08. The first kappa shape index (κ1) is 21.6. The Bertz CT molecular complexity index is 673. The lowest BCUT2D eigenvalue weighted by atomic mass is 9.77. The summed E-state index contributed by atoms with van der Waals surface area (Å²) in [6, 6.07) is 9.24. The van der Waals surface area contributed by atoms with E-state index in [0.29, 0.717) is 0 Å². The van der Waals surface area contributed by atoms with Crippen LogP contribution in [0.15, 0.2) is 30.3 Å². The third-order valence-corrected chi connectivity index (χ3v) is 7.14. The molecule has 150 valence electrons. The van der Waals surface area contributed by atoms with E-state index in [0.717, 1.165) is 5.56 Å². The third-order valence-electron chi connectivity index (χ3n) is 4.86. The number of ether oxygens (including phenoxy) is 2. The molecular weight excluding hydrogens is 384 g/mol. The molecule has 0 amide bonds. The maximum Gasteiger partial charge on any atom is 0.265 e. The van der Waals surface area contributed by atoms with Crippen molar-refractivity contribution in [1.82, 2.24) is 0 Å². The summed E-state index contributed by atoms with van der Waals surface area (Å²) >= 11 is 0. The first-order valence-corrected chi connectivity index (χ1v) is 11.3. The van der Waals surface area contributed by atoms with Gasteiger partial charge in [0.1, 0.15) is 6.10 Å². The average molecular weight is 411 g/mol. The van der Waals surface area contributed by atoms with Crippen LogP contribution in [0.4, 0.5) is 0 Å². The molecule has 0 bridgehead atoms. The Morgan fingerprint density at radius 2 is 1.73 bits per heavy atom. The Morgan fingerprint density at radius 3 is 2.23 bits per heavy atom. The van der Waals surface area contributed by atoms with Crippen molar-refractivity contribution in [2.75, 3.05) is 12.9 Å². The van der Waals surface area contributed by atoms with E-state index in [2.05, 4.69) is 0 Å². The van der Waals surface area contributed by atoms with Crippen molar-refractivity contribution in [2.45, 2.75) is 37.4 Å². The predicted molar refractivity (Wildman–Crippen MR) is 98.8 cm³/mol. The van der Waals surface area contributed by atoms with Crippen LogP contribution in [0.25, 0.3) is 0 Å². The summed E-state index contributed by atoms with van der Waals surface area (Å²) in [6.07, 6.45) is -1.27. The van der Waals surface area contributed by atoms with E-state index in [9.17, 15) is 26.6 Å². The van der Waals surface area contributed by atoms with Gasteiger partial charge in [0, 0.05) is 7.11 Å². The van der Waals surface area contributed by atoms with Crippen molar-refractivity contribution in [1.29, 1.82) is 0 Å². The fourth-order valence-electron chi connectivity index (χ4n) is 3.58. The first-order chi connectivity index (χ1) is 12.0. The van der Waals surface area contributed by atoms with Gasteiger partial charge >= 0.3 is 0 Å². The number of methoxy groups -OCH3 is 1. The van der Waals surface area contributed by atoms with Crippen LogP contribution in [-0.2, 0) is 26.2 Å². The number of hydrogen-bond acceptors (Lipinski definition) is 7. The lowest BCUT2D eigenvalue weighted by molar-refractivity contribution is -0.104. The summed E-state index contributed by atoms with van der Waals surface area (Å²) in [4.78, 5) is 0. The molecule has 2 rings (SSSR count). The Hall–Kier alpha value is -0.720. The fourth-order valence-corrected chi connectivity index (χ4v) is 5.98. The van der Waals surface area contributed by atoms with Crippen molar-refractivity contribution in [3.63, 3.8) is 0 Å². The molecule has 1 fully saturated rings. The van der Waals surface area contributed by atoms with E-state index in [4.69, 9.17) is 9.47 Å². The summed E-state index contributed by atoms with van der Waals surface area (Å²) in [5, 5.41) is -1.14. The Balaban J connectivity index is 2.26. The maximum absolute atomic E-state index is 11.3.